The maximum atomic E-state index is 11.8. The Hall–Kier alpha value is -1.84. The molecule has 0 atom stereocenters. The monoisotopic (exact) mass is 261 g/mol. The van der Waals surface area contributed by atoms with Gasteiger partial charge in [-0.15, -0.1) is 0 Å². The standard InChI is InChI=1S/C14H12ClNO2/c15-12-5-3-11(4-6-12)14(17)18-13-7-1-10(9-16)2-8-13/h1-8H,9,16H2. The van der Waals surface area contributed by atoms with Crippen LogP contribution in [-0.2, 0) is 6.54 Å². The van der Waals surface area contributed by atoms with Gasteiger partial charge in [-0.25, -0.2) is 4.79 Å². The summed E-state index contributed by atoms with van der Waals surface area (Å²) in [6.45, 7) is 0.464. The van der Waals surface area contributed by atoms with Crippen molar-refractivity contribution in [3.8, 4) is 5.75 Å². The lowest BCUT2D eigenvalue weighted by atomic mass is 10.2. The Kier molecular flexibility index (Phi) is 3.97. The van der Waals surface area contributed by atoms with Crippen LogP contribution in [0, 0.1) is 0 Å². The van der Waals surface area contributed by atoms with E-state index in [1.165, 1.54) is 0 Å². The summed E-state index contributed by atoms with van der Waals surface area (Å²) in [4.78, 5) is 11.8. The molecule has 0 fully saturated rings. The fourth-order valence-corrected chi connectivity index (χ4v) is 1.57. The Morgan fingerprint density at radius 3 is 2.22 bits per heavy atom. The second kappa shape index (κ2) is 5.67. The Balaban J connectivity index is 2.08. The first kappa shape index (κ1) is 12.6. The topological polar surface area (TPSA) is 52.3 Å². The lowest BCUT2D eigenvalue weighted by Gasteiger charge is -2.05. The molecule has 2 aromatic carbocycles. The zero-order chi connectivity index (χ0) is 13.0. The van der Waals surface area contributed by atoms with E-state index in [1.54, 1.807) is 36.4 Å². The van der Waals surface area contributed by atoms with Crippen molar-refractivity contribution in [1.29, 1.82) is 0 Å². The van der Waals surface area contributed by atoms with E-state index in [1.807, 2.05) is 12.1 Å². The number of hydrogen-bond acceptors (Lipinski definition) is 3. The molecular formula is C14H12ClNO2. The minimum Gasteiger partial charge on any atom is -0.423 e. The zero-order valence-corrected chi connectivity index (χ0v) is 10.4. The molecule has 0 saturated carbocycles. The van der Waals surface area contributed by atoms with Crippen molar-refractivity contribution in [2.75, 3.05) is 0 Å². The van der Waals surface area contributed by atoms with Gasteiger partial charge in [0.15, 0.2) is 0 Å². The molecule has 0 amide bonds. The number of ether oxygens (including phenoxy) is 1. The van der Waals surface area contributed by atoms with E-state index in [0.29, 0.717) is 22.9 Å². The van der Waals surface area contributed by atoms with Crippen LogP contribution in [0.5, 0.6) is 5.75 Å². The van der Waals surface area contributed by atoms with Gasteiger partial charge in [0.2, 0.25) is 0 Å². The molecule has 0 spiro atoms. The lowest BCUT2D eigenvalue weighted by molar-refractivity contribution is 0.0735. The van der Waals surface area contributed by atoms with Crippen LogP contribution in [0.25, 0.3) is 0 Å². The third-order valence-corrected chi connectivity index (χ3v) is 2.70. The van der Waals surface area contributed by atoms with Crippen LogP contribution in [0.3, 0.4) is 0 Å². The number of benzene rings is 2. The number of nitrogens with two attached hydrogens (primary N) is 1. The summed E-state index contributed by atoms with van der Waals surface area (Å²) in [7, 11) is 0. The summed E-state index contributed by atoms with van der Waals surface area (Å²) in [5, 5.41) is 0.582. The third-order valence-electron chi connectivity index (χ3n) is 2.45. The van der Waals surface area contributed by atoms with Gasteiger partial charge in [-0.3, -0.25) is 0 Å². The second-order valence-electron chi connectivity index (χ2n) is 3.74. The summed E-state index contributed by atoms with van der Waals surface area (Å²) in [6.07, 6.45) is 0. The van der Waals surface area contributed by atoms with Crippen molar-refractivity contribution in [3.05, 3.63) is 64.7 Å². The SMILES string of the molecule is NCc1ccc(OC(=O)c2ccc(Cl)cc2)cc1. The number of carbonyl (C=O) groups is 1. The van der Waals surface area contributed by atoms with Crippen molar-refractivity contribution in [1.82, 2.24) is 0 Å². The summed E-state index contributed by atoms with van der Waals surface area (Å²) >= 11 is 5.75. The van der Waals surface area contributed by atoms with Crippen molar-refractivity contribution < 1.29 is 9.53 Å². The number of carbonyl (C=O) groups excluding carboxylic acids is 1. The largest absolute Gasteiger partial charge is 0.423 e. The molecule has 0 radical (unpaired) electrons. The smallest absolute Gasteiger partial charge is 0.343 e. The van der Waals surface area contributed by atoms with E-state index in [0.717, 1.165) is 5.56 Å². The van der Waals surface area contributed by atoms with Crippen molar-refractivity contribution >= 4 is 17.6 Å². The average Bonchev–Trinajstić information content (AvgIpc) is 2.40. The highest BCUT2D eigenvalue weighted by atomic mass is 35.5. The highest BCUT2D eigenvalue weighted by molar-refractivity contribution is 6.30. The number of esters is 1. The van der Waals surface area contributed by atoms with E-state index in [2.05, 4.69) is 0 Å². The summed E-state index contributed by atoms with van der Waals surface area (Å²) in [6, 6.07) is 13.6. The summed E-state index contributed by atoms with van der Waals surface area (Å²) < 4.78 is 5.22. The fourth-order valence-electron chi connectivity index (χ4n) is 1.45. The van der Waals surface area contributed by atoms with Crippen LogP contribution in [0.1, 0.15) is 15.9 Å². The molecule has 0 heterocycles. The van der Waals surface area contributed by atoms with Crippen LogP contribution >= 0.6 is 11.6 Å². The molecular weight excluding hydrogens is 250 g/mol. The van der Waals surface area contributed by atoms with E-state index < -0.39 is 5.97 Å². The van der Waals surface area contributed by atoms with Gasteiger partial charge in [-0.1, -0.05) is 23.7 Å². The molecule has 92 valence electrons. The Labute approximate surface area is 110 Å². The lowest BCUT2D eigenvalue weighted by Crippen LogP contribution is -2.08. The van der Waals surface area contributed by atoms with Crippen molar-refractivity contribution in [2.24, 2.45) is 5.73 Å². The van der Waals surface area contributed by atoms with Crippen LogP contribution in [0.2, 0.25) is 5.02 Å². The minimum absolute atomic E-state index is 0.410. The predicted molar refractivity (Wildman–Crippen MR) is 70.7 cm³/mol. The maximum absolute atomic E-state index is 11.8. The van der Waals surface area contributed by atoms with Crippen LogP contribution in [0.4, 0.5) is 0 Å². The molecule has 0 bridgehead atoms. The molecule has 0 aliphatic rings. The number of hydrogen-bond donors (Lipinski definition) is 1. The molecule has 4 heteroatoms. The van der Waals surface area contributed by atoms with Gasteiger partial charge in [-0.05, 0) is 42.0 Å². The van der Waals surface area contributed by atoms with Gasteiger partial charge >= 0.3 is 5.97 Å². The average molecular weight is 262 g/mol. The van der Waals surface area contributed by atoms with Crippen molar-refractivity contribution in [3.63, 3.8) is 0 Å². The molecule has 0 saturated heterocycles. The first-order valence-corrected chi connectivity index (χ1v) is 5.83. The van der Waals surface area contributed by atoms with Gasteiger partial charge in [0.25, 0.3) is 0 Å². The quantitative estimate of drug-likeness (QED) is 0.683. The van der Waals surface area contributed by atoms with Gasteiger partial charge in [0.05, 0.1) is 5.56 Å². The summed E-state index contributed by atoms with van der Waals surface area (Å²) in [5.74, 6) is 0.0827. The van der Waals surface area contributed by atoms with E-state index in [4.69, 9.17) is 22.1 Å². The Morgan fingerprint density at radius 2 is 1.67 bits per heavy atom. The van der Waals surface area contributed by atoms with E-state index in [9.17, 15) is 4.79 Å². The van der Waals surface area contributed by atoms with Crippen molar-refractivity contribution in [2.45, 2.75) is 6.54 Å². The van der Waals surface area contributed by atoms with Crippen LogP contribution in [-0.4, -0.2) is 5.97 Å². The highest BCUT2D eigenvalue weighted by Crippen LogP contribution is 2.15. The Morgan fingerprint density at radius 1 is 1.06 bits per heavy atom. The fraction of sp³-hybridized carbons (Fsp3) is 0.0714. The van der Waals surface area contributed by atoms with Gasteiger partial charge in [0.1, 0.15) is 5.75 Å². The Bertz CT molecular complexity index is 535. The van der Waals surface area contributed by atoms with Gasteiger partial charge < -0.3 is 10.5 Å². The highest BCUT2D eigenvalue weighted by Gasteiger charge is 2.07. The molecule has 0 aliphatic heterocycles. The molecule has 18 heavy (non-hydrogen) atoms. The van der Waals surface area contributed by atoms with Crippen LogP contribution < -0.4 is 10.5 Å². The van der Waals surface area contributed by atoms with Crippen LogP contribution in [0.15, 0.2) is 48.5 Å². The first-order chi connectivity index (χ1) is 8.69. The molecule has 2 aromatic rings. The molecule has 0 aliphatic carbocycles. The van der Waals surface area contributed by atoms with Gasteiger partial charge in [-0.2, -0.15) is 0 Å². The number of rotatable bonds is 3. The molecule has 0 aromatic heterocycles. The van der Waals surface area contributed by atoms with E-state index in [-0.39, 0.29) is 0 Å². The van der Waals surface area contributed by atoms with Gasteiger partial charge in [0, 0.05) is 11.6 Å². The maximum Gasteiger partial charge on any atom is 0.343 e. The second-order valence-corrected chi connectivity index (χ2v) is 4.18. The summed E-state index contributed by atoms with van der Waals surface area (Å²) in [5.41, 5.74) is 6.93. The minimum atomic E-state index is -0.410. The first-order valence-electron chi connectivity index (χ1n) is 5.46. The number of halogens is 1. The molecule has 3 nitrogen and oxygen atoms in total. The molecule has 2 N–H and O–H groups in total. The predicted octanol–water partition coefficient (Wildman–Crippen LogP) is 3.02. The van der Waals surface area contributed by atoms with E-state index >= 15 is 0 Å². The normalized spacial score (nSPS) is 10.1. The molecule has 0 unspecified atom stereocenters. The molecule has 2 rings (SSSR count). The third kappa shape index (κ3) is 3.09. The zero-order valence-electron chi connectivity index (χ0n) is 9.60.